The lowest BCUT2D eigenvalue weighted by Gasteiger charge is -2.48. The summed E-state index contributed by atoms with van der Waals surface area (Å²) in [6, 6.07) is 10.3. The van der Waals surface area contributed by atoms with E-state index < -0.39 is 56.7 Å². The highest BCUT2D eigenvalue weighted by atomic mass is 32.2. The molecule has 1 N–H and O–H groups in total. The molecule has 0 aromatic heterocycles. The number of esters is 1. The average molecular weight is 753 g/mol. The molecule has 4 aliphatic rings. The number of hydrogen-bond donors (Lipinski definition) is 1. The Labute approximate surface area is 308 Å². The molecule has 0 bridgehead atoms. The van der Waals surface area contributed by atoms with E-state index in [4.69, 9.17) is 9.47 Å². The standard InChI is InChI=1S/C35H40N6O11S/c1-21(42)27-17-35(2)30(29(39(35)31(27)43)33(45)51-19-22-4-8-24(9-5-22)40(47)48)53-26-16-28(32(44)37-14-12-36(3)13-15-37)38(18-26)34(46)52-20-23-6-10-25(11-7-23)41(49)50/h4-11,21,26-28,42H,12-20H2,1-3H3/t21?,26-,27-,28-,35+/m0/s1. The van der Waals surface area contributed by atoms with Crippen molar-refractivity contribution in [2.45, 2.75) is 62.8 Å². The molecule has 0 radical (unpaired) electrons. The van der Waals surface area contributed by atoms with E-state index in [0.717, 1.165) is 0 Å². The Bertz CT molecular complexity index is 1830. The van der Waals surface area contributed by atoms with E-state index >= 15 is 0 Å². The molecular weight excluding hydrogens is 712 g/mol. The molecule has 3 amide bonds. The number of aliphatic hydroxyl groups is 1. The van der Waals surface area contributed by atoms with Gasteiger partial charge in [0.25, 0.3) is 11.4 Å². The number of piperazine rings is 1. The van der Waals surface area contributed by atoms with Gasteiger partial charge in [-0.15, -0.1) is 11.8 Å². The van der Waals surface area contributed by atoms with Gasteiger partial charge in [0, 0.05) is 67.1 Å². The van der Waals surface area contributed by atoms with Gasteiger partial charge in [-0.3, -0.25) is 39.6 Å². The zero-order chi connectivity index (χ0) is 38.2. The number of nitrogens with zero attached hydrogens (tertiary/aromatic N) is 6. The van der Waals surface area contributed by atoms with Crippen molar-refractivity contribution in [1.82, 2.24) is 19.6 Å². The number of aliphatic hydroxyl groups excluding tert-OH is 1. The predicted molar refractivity (Wildman–Crippen MR) is 189 cm³/mol. The summed E-state index contributed by atoms with van der Waals surface area (Å²) in [5.41, 5.74) is -0.111. The third-order valence-electron chi connectivity index (χ3n) is 10.3. The van der Waals surface area contributed by atoms with Gasteiger partial charge in [0.2, 0.25) is 11.8 Å². The van der Waals surface area contributed by atoms with Gasteiger partial charge in [0.05, 0.1) is 27.4 Å². The maximum atomic E-state index is 14.0. The Morgan fingerprint density at radius 2 is 1.49 bits per heavy atom. The quantitative estimate of drug-likeness (QED) is 0.199. The number of non-ortho nitro benzene ring substituents is 2. The Morgan fingerprint density at radius 1 is 0.943 bits per heavy atom. The second-order valence-electron chi connectivity index (χ2n) is 13.9. The molecule has 2 aromatic rings. The molecule has 1 unspecified atom stereocenters. The maximum absolute atomic E-state index is 14.0. The smallest absolute Gasteiger partial charge is 0.410 e. The number of likely N-dealkylation sites (N-methyl/N-ethyl adjacent to an activating group) is 1. The lowest BCUT2D eigenvalue weighted by Crippen LogP contribution is -2.55. The maximum Gasteiger partial charge on any atom is 0.410 e. The predicted octanol–water partition coefficient (Wildman–Crippen LogP) is 3.05. The topological polar surface area (TPSA) is 206 Å². The van der Waals surface area contributed by atoms with E-state index in [1.807, 2.05) is 7.05 Å². The first-order valence-electron chi connectivity index (χ1n) is 17.2. The van der Waals surface area contributed by atoms with E-state index in [0.29, 0.717) is 42.2 Å². The van der Waals surface area contributed by atoms with Crippen LogP contribution in [0.15, 0.2) is 59.1 Å². The highest BCUT2D eigenvalue weighted by molar-refractivity contribution is 8.03. The van der Waals surface area contributed by atoms with E-state index in [2.05, 4.69) is 4.90 Å². The Hall–Kier alpha value is -5.07. The monoisotopic (exact) mass is 752 g/mol. The lowest BCUT2D eigenvalue weighted by atomic mass is 9.86. The molecule has 3 fully saturated rings. The van der Waals surface area contributed by atoms with Gasteiger partial charge in [-0.2, -0.15) is 0 Å². The number of amides is 3. The molecule has 0 saturated carbocycles. The first kappa shape index (κ1) is 37.7. The largest absolute Gasteiger partial charge is 0.456 e. The number of carbonyl (C=O) groups excluding carboxylic acids is 4. The Morgan fingerprint density at radius 3 is 2.02 bits per heavy atom. The number of fused-ring (bicyclic) bond motifs is 1. The minimum absolute atomic E-state index is 0.0219. The van der Waals surface area contributed by atoms with Crippen LogP contribution in [0.2, 0.25) is 0 Å². The van der Waals surface area contributed by atoms with Gasteiger partial charge in [0.15, 0.2) is 0 Å². The SMILES string of the molecule is CC(O)[C@@H]1C[C@]2(C)C(S[C@H]3C[C@@H](C(=O)N4CCN(C)CC4)N(C(=O)OCc4ccc([N+](=O)[O-])cc4)C3)=C(C(=O)OCc3ccc([N+](=O)[O-])cc3)N2C1=O. The molecule has 4 heterocycles. The van der Waals surface area contributed by atoms with E-state index in [1.165, 1.54) is 77.0 Å². The van der Waals surface area contributed by atoms with E-state index in [1.54, 1.807) is 11.8 Å². The second kappa shape index (κ2) is 15.1. The minimum Gasteiger partial charge on any atom is -0.456 e. The minimum atomic E-state index is -0.980. The Balaban J connectivity index is 1.23. The van der Waals surface area contributed by atoms with Crippen LogP contribution >= 0.6 is 11.8 Å². The molecular formula is C35H40N6O11S. The van der Waals surface area contributed by atoms with Crippen LogP contribution in [0.25, 0.3) is 0 Å². The number of nitro groups is 2. The molecule has 53 heavy (non-hydrogen) atoms. The third kappa shape index (κ3) is 7.56. The first-order valence-corrected chi connectivity index (χ1v) is 18.0. The van der Waals surface area contributed by atoms with Crippen molar-refractivity contribution in [3.63, 3.8) is 0 Å². The zero-order valence-electron chi connectivity index (χ0n) is 29.4. The number of hydrogen-bond acceptors (Lipinski definition) is 13. The van der Waals surface area contributed by atoms with Gasteiger partial charge < -0.3 is 24.4 Å². The van der Waals surface area contributed by atoms with Gasteiger partial charge in [-0.1, -0.05) is 0 Å². The fraction of sp³-hybridized carbons (Fsp3) is 0.486. The van der Waals surface area contributed by atoms with Crippen LogP contribution in [0.4, 0.5) is 16.2 Å². The summed E-state index contributed by atoms with van der Waals surface area (Å²) >= 11 is 1.29. The number of ether oxygens (including phenoxy) is 2. The van der Waals surface area contributed by atoms with Crippen molar-refractivity contribution in [3.05, 3.63) is 90.5 Å². The number of thioether (sulfide) groups is 1. The summed E-state index contributed by atoms with van der Waals surface area (Å²) in [7, 11) is 1.96. The fourth-order valence-electron chi connectivity index (χ4n) is 7.21. The van der Waals surface area contributed by atoms with Crippen molar-refractivity contribution < 1.29 is 43.6 Å². The van der Waals surface area contributed by atoms with Crippen LogP contribution in [0.5, 0.6) is 0 Å². The Kier molecular flexibility index (Phi) is 10.7. The number of nitro benzene ring substituents is 2. The van der Waals surface area contributed by atoms with Crippen LogP contribution in [-0.4, -0.2) is 121 Å². The molecule has 0 aliphatic carbocycles. The number of benzene rings is 2. The highest BCUT2D eigenvalue weighted by Crippen LogP contribution is 2.57. The van der Waals surface area contributed by atoms with Crippen molar-refractivity contribution in [2.24, 2.45) is 5.92 Å². The highest BCUT2D eigenvalue weighted by Gasteiger charge is 2.63. The molecule has 282 valence electrons. The molecule has 4 aliphatic heterocycles. The molecule has 3 saturated heterocycles. The average Bonchev–Trinajstić information content (AvgIpc) is 3.66. The summed E-state index contributed by atoms with van der Waals surface area (Å²) in [5.74, 6) is -2.20. The normalized spacial score (nSPS) is 24.8. The van der Waals surface area contributed by atoms with Crippen LogP contribution in [0, 0.1) is 26.1 Å². The zero-order valence-corrected chi connectivity index (χ0v) is 30.2. The lowest BCUT2D eigenvalue weighted by molar-refractivity contribution is -0.385. The number of carbonyl (C=O) groups is 4. The van der Waals surface area contributed by atoms with Crippen LogP contribution in [-0.2, 0) is 37.1 Å². The number of rotatable bonds is 11. The van der Waals surface area contributed by atoms with Crippen LogP contribution < -0.4 is 0 Å². The second-order valence-corrected chi connectivity index (χ2v) is 15.2. The summed E-state index contributed by atoms with van der Waals surface area (Å²) in [5, 5.41) is 32.1. The molecule has 17 nitrogen and oxygen atoms in total. The summed E-state index contributed by atoms with van der Waals surface area (Å²) < 4.78 is 11.2. The van der Waals surface area contributed by atoms with Crippen molar-refractivity contribution in [3.8, 4) is 0 Å². The molecule has 2 aromatic carbocycles. The summed E-state index contributed by atoms with van der Waals surface area (Å²) in [6.45, 7) is 5.35. The van der Waals surface area contributed by atoms with Crippen molar-refractivity contribution >= 4 is 47.0 Å². The van der Waals surface area contributed by atoms with E-state index in [9.17, 15) is 44.5 Å². The van der Waals surface area contributed by atoms with Gasteiger partial charge in [0.1, 0.15) is 25.0 Å². The van der Waals surface area contributed by atoms with Crippen molar-refractivity contribution in [2.75, 3.05) is 39.8 Å². The number of likely N-dealkylation sites (tertiary alicyclic amines) is 1. The van der Waals surface area contributed by atoms with Gasteiger partial charge in [-0.25, -0.2) is 9.59 Å². The summed E-state index contributed by atoms with van der Waals surface area (Å²) in [4.78, 5) is 82.9. The summed E-state index contributed by atoms with van der Waals surface area (Å²) in [6.07, 6.45) is -1.24. The first-order chi connectivity index (χ1) is 25.2. The van der Waals surface area contributed by atoms with Gasteiger partial charge in [-0.05, 0) is 69.1 Å². The van der Waals surface area contributed by atoms with E-state index in [-0.39, 0.29) is 55.6 Å². The van der Waals surface area contributed by atoms with Crippen LogP contribution in [0.1, 0.15) is 37.8 Å². The third-order valence-corrected chi connectivity index (χ3v) is 11.8. The molecule has 0 spiro atoms. The molecule has 6 rings (SSSR count). The van der Waals surface area contributed by atoms with Crippen LogP contribution in [0.3, 0.4) is 0 Å². The fourth-order valence-corrected chi connectivity index (χ4v) is 8.77. The molecule has 5 atom stereocenters. The van der Waals surface area contributed by atoms with Crippen molar-refractivity contribution in [1.29, 1.82) is 0 Å². The molecule has 18 heteroatoms. The van der Waals surface area contributed by atoms with Gasteiger partial charge >= 0.3 is 12.1 Å².